The topological polar surface area (TPSA) is 62.7 Å². The summed E-state index contributed by atoms with van der Waals surface area (Å²) in [6, 6.07) is 19.4. The molecule has 2 saturated heterocycles. The molecule has 158 valence electrons. The Morgan fingerprint density at radius 2 is 1.84 bits per heavy atom. The minimum atomic E-state index is -1.08. The molecule has 0 spiro atoms. The number of benzene rings is 2. The highest BCUT2D eigenvalue weighted by molar-refractivity contribution is 8.15. The second-order valence-corrected chi connectivity index (χ2v) is 9.08. The summed E-state index contributed by atoms with van der Waals surface area (Å²) in [5, 5.41) is 0.830. The van der Waals surface area contributed by atoms with Gasteiger partial charge < -0.3 is 9.64 Å². The zero-order valence-corrected chi connectivity index (χ0v) is 18.3. The van der Waals surface area contributed by atoms with Gasteiger partial charge in [-0.25, -0.2) is 4.98 Å². The number of carbonyl (C=O) groups excluding carboxylic acids is 2. The summed E-state index contributed by atoms with van der Waals surface area (Å²) in [4.78, 5) is 34.7. The van der Waals surface area contributed by atoms with E-state index in [2.05, 4.69) is 11.0 Å². The molecule has 2 aliphatic heterocycles. The van der Waals surface area contributed by atoms with Gasteiger partial charge in [0.15, 0.2) is 4.75 Å². The van der Waals surface area contributed by atoms with Crippen molar-refractivity contribution in [1.82, 2.24) is 9.88 Å². The lowest BCUT2D eigenvalue weighted by atomic mass is 9.86. The molecule has 2 aliphatic rings. The van der Waals surface area contributed by atoms with Crippen LogP contribution in [0.1, 0.15) is 18.4 Å². The Morgan fingerprint density at radius 1 is 1.06 bits per heavy atom. The van der Waals surface area contributed by atoms with Crippen LogP contribution < -0.4 is 9.64 Å². The van der Waals surface area contributed by atoms with Gasteiger partial charge in [0, 0.05) is 24.5 Å². The number of likely N-dealkylation sites (N-methyl/N-ethyl adjacent to an activating group) is 1. The number of amides is 2. The molecule has 0 saturated carbocycles. The third kappa shape index (κ3) is 2.98. The first-order chi connectivity index (χ1) is 15.1. The van der Waals surface area contributed by atoms with Crippen LogP contribution in [0.15, 0.2) is 60.7 Å². The summed E-state index contributed by atoms with van der Waals surface area (Å²) in [6.07, 6.45) is 1.70. The van der Waals surface area contributed by atoms with Crippen molar-refractivity contribution >= 4 is 39.6 Å². The Hall–Kier alpha value is -3.06. The predicted octanol–water partition coefficient (Wildman–Crippen LogP) is 4.43. The lowest BCUT2D eigenvalue weighted by molar-refractivity contribution is -0.129. The predicted molar refractivity (Wildman–Crippen MR) is 123 cm³/mol. The Labute approximate surface area is 185 Å². The van der Waals surface area contributed by atoms with Gasteiger partial charge in [-0.3, -0.25) is 14.5 Å². The maximum atomic E-state index is 13.7. The number of rotatable bonds is 4. The number of thioether (sulfide) groups is 1. The fourth-order valence-corrected chi connectivity index (χ4v) is 6.15. The molecule has 2 fully saturated rings. The quantitative estimate of drug-likeness (QED) is 0.606. The van der Waals surface area contributed by atoms with E-state index in [0.717, 1.165) is 53.4 Å². The highest BCUT2D eigenvalue weighted by atomic mass is 32.2. The van der Waals surface area contributed by atoms with E-state index in [1.54, 1.807) is 14.2 Å². The minimum Gasteiger partial charge on any atom is -0.496 e. The number of fused-ring (bicyclic) bond motifs is 1. The second-order valence-electron chi connectivity index (χ2n) is 7.88. The zero-order valence-electron chi connectivity index (χ0n) is 17.4. The van der Waals surface area contributed by atoms with Crippen molar-refractivity contribution in [1.29, 1.82) is 0 Å². The molecule has 7 heteroatoms. The molecule has 1 aromatic heterocycles. The third-order valence-corrected chi connectivity index (χ3v) is 7.69. The lowest BCUT2D eigenvalue weighted by Crippen LogP contribution is -2.51. The van der Waals surface area contributed by atoms with Gasteiger partial charge in [-0.15, -0.1) is 0 Å². The number of hydrogen-bond acceptors (Lipinski definition) is 6. The average Bonchev–Trinajstić information content (AvgIpc) is 3.39. The van der Waals surface area contributed by atoms with Gasteiger partial charge >= 0.3 is 0 Å². The first-order valence-corrected chi connectivity index (χ1v) is 11.1. The average molecular weight is 434 g/mol. The number of ether oxygens (including phenoxy) is 1. The van der Waals surface area contributed by atoms with Gasteiger partial charge in [0.2, 0.25) is 0 Å². The number of hydrogen-bond donors (Lipinski definition) is 0. The zero-order chi connectivity index (χ0) is 21.6. The first-order valence-electron chi connectivity index (χ1n) is 10.3. The number of para-hydroxylation sites is 2. The van der Waals surface area contributed by atoms with Gasteiger partial charge in [0.1, 0.15) is 11.6 Å². The molecule has 1 unspecified atom stereocenters. The van der Waals surface area contributed by atoms with E-state index >= 15 is 0 Å². The highest BCUT2D eigenvalue weighted by Crippen LogP contribution is 2.54. The molecule has 5 rings (SSSR count). The van der Waals surface area contributed by atoms with Crippen LogP contribution in [0.25, 0.3) is 10.9 Å². The van der Waals surface area contributed by atoms with Gasteiger partial charge in [-0.05, 0) is 48.9 Å². The standard InChI is InChI=1S/C24H23N3O3S/c1-26-22(28)24(31-23(26)29,17-9-4-6-11-19(17)30-2)20-12-7-15-27(20)21-14-13-16-8-3-5-10-18(16)25-21/h3-6,8-11,13-14,20H,7,12,15H2,1-2H3/t20-,24?/m0/s1. The number of aromatic nitrogens is 1. The molecule has 3 heterocycles. The second kappa shape index (κ2) is 7.57. The SMILES string of the molecule is COc1ccccc1C1([C@@H]2CCCN2c2ccc3ccccc3n2)SC(=O)N(C)C1=O. The molecule has 6 nitrogen and oxygen atoms in total. The van der Waals surface area contributed by atoms with E-state index in [1.165, 1.54) is 4.90 Å². The van der Waals surface area contributed by atoms with Crippen LogP contribution in [-0.2, 0) is 9.54 Å². The number of imide groups is 1. The maximum Gasteiger partial charge on any atom is 0.289 e. The Balaban J connectivity index is 1.67. The summed E-state index contributed by atoms with van der Waals surface area (Å²) < 4.78 is 4.55. The first kappa shape index (κ1) is 19.9. The Morgan fingerprint density at radius 3 is 2.61 bits per heavy atom. The minimum absolute atomic E-state index is 0.204. The van der Waals surface area contributed by atoms with Crippen molar-refractivity contribution < 1.29 is 14.3 Å². The van der Waals surface area contributed by atoms with E-state index < -0.39 is 4.75 Å². The van der Waals surface area contributed by atoms with Crippen LogP contribution in [-0.4, -0.2) is 47.8 Å². The highest BCUT2D eigenvalue weighted by Gasteiger charge is 2.61. The van der Waals surface area contributed by atoms with E-state index in [-0.39, 0.29) is 17.2 Å². The smallest absolute Gasteiger partial charge is 0.289 e. The molecular formula is C24H23N3O3S. The number of carbonyl (C=O) groups is 2. The summed E-state index contributed by atoms with van der Waals surface area (Å²) in [6.45, 7) is 0.776. The molecule has 0 N–H and O–H groups in total. The van der Waals surface area contributed by atoms with E-state index in [4.69, 9.17) is 9.72 Å². The van der Waals surface area contributed by atoms with Gasteiger partial charge in [-0.1, -0.05) is 36.4 Å². The van der Waals surface area contributed by atoms with Crippen molar-refractivity contribution in [3.63, 3.8) is 0 Å². The van der Waals surface area contributed by atoms with E-state index in [1.807, 2.05) is 54.6 Å². The molecule has 0 radical (unpaired) electrons. The molecule has 2 amide bonds. The molecule has 3 aromatic rings. The van der Waals surface area contributed by atoms with Crippen molar-refractivity contribution in [2.75, 3.05) is 25.6 Å². The van der Waals surface area contributed by atoms with Crippen molar-refractivity contribution in [2.45, 2.75) is 23.6 Å². The number of pyridine rings is 1. The monoisotopic (exact) mass is 433 g/mol. The molecule has 2 aromatic carbocycles. The number of nitrogens with zero attached hydrogens (tertiary/aromatic N) is 3. The largest absolute Gasteiger partial charge is 0.496 e. The summed E-state index contributed by atoms with van der Waals surface area (Å²) in [5.74, 6) is 1.24. The Kier molecular flexibility index (Phi) is 4.85. The van der Waals surface area contributed by atoms with Crippen LogP contribution in [0, 0.1) is 0 Å². The van der Waals surface area contributed by atoms with Crippen molar-refractivity contribution in [3.8, 4) is 5.75 Å². The van der Waals surface area contributed by atoms with Crippen LogP contribution in [0.5, 0.6) is 5.75 Å². The summed E-state index contributed by atoms with van der Waals surface area (Å²) in [7, 11) is 3.15. The van der Waals surface area contributed by atoms with Crippen molar-refractivity contribution in [3.05, 3.63) is 66.2 Å². The van der Waals surface area contributed by atoms with Crippen LogP contribution >= 0.6 is 11.8 Å². The van der Waals surface area contributed by atoms with Crippen LogP contribution in [0.4, 0.5) is 10.6 Å². The van der Waals surface area contributed by atoms with E-state index in [9.17, 15) is 9.59 Å². The normalized spacial score (nSPS) is 23.7. The van der Waals surface area contributed by atoms with E-state index in [0.29, 0.717) is 5.75 Å². The fraction of sp³-hybridized carbons (Fsp3) is 0.292. The van der Waals surface area contributed by atoms with Crippen molar-refractivity contribution in [2.24, 2.45) is 0 Å². The molecule has 2 atom stereocenters. The van der Waals surface area contributed by atoms with Gasteiger partial charge in [0.25, 0.3) is 11.1 Å². The summed E-state index contributed by atoms with van der Waals surface area (Å²) >= 11 is 1.10. The Bertz CT molecular complexity index is 1180. The molecule has 31 heavy (non-hydrogen) atoms. The number of anilines is 1. The van der Waals surface area contributed by atoms with Gasteiger partial charge in [0.05, 0.1) is 18.7 Å². The van der Waals surface area contributed by atoms with Crippen LogP contribution in [0.3, 0.4) is 0 Å². The maximum absolute atomic E-state index is 13.7. The third-order valence-electron chi connectivity index (χ3n) is 6.25. The molecule has 0 aliphatic carbocycles. The number of methoxy groups -OCH3 is 1. The molecule has 0 bridgehead atoms. The van der Waals surface area contributed by atoms with Crippen LogP contribution in [0.2, 0.25) is 0 Å². The molecular weight excluding hydrogens is 410 g/mol. The fourth-order valence-electron chi connectivity index (χ4n) is 4.77. The lowest BCUT2D eigenvalue weighted by Gasteiger charge is -2.38. The summed E-state index contributed by atoms with van der Waals surface area (Å²) in [5.41, 5.74) is 1.65. The van der Waals surface area contributed by atoms with Gasteiger partial charge in [-0.2, -0.15) is 0 Å².